The fraction of sp³-hybridized carbons (Fsp3) is 0.200. The standard InChI is InChI=1S/C25H26N2O5S/c1-18-10-12-21(13-11-18)24(28)23-9-5-15-27(23)14-4-7-20-6-3-8-22(16-20)26-33(31,32)17-19(2)25(29)30/h3-13,15-16,19,26H,14,17H2,1-2H3,(H,29,30)/b7-4+. The largest absolute Gasteiger partial charge is 0.481 e. The second-order valence-electron chi connectivity index (χ2n) is 7.89. The Labute approximate surface area is 193 Å². The molecular weight excluding hydrogens is 440 g/mol. The fourth-order valence-corrected chi connectivity index (χ4v) is 4.63. The molecule has 0 spiro atoms. The highest BCUT2D eigenvalue weighted by Crippen LogP contribution is 2.16. The number of aliphatic carboxylic acids is 1. The van der Waals surface area contributed by atoms with E-state index in [1.807, 2.05) is 66.2 Å². The van der Waals surface area contributed by atoms with Gasteiger partial charge in [-0.1, -0.05) is 61.0 Å². The number of rotatable bonds is 10. The van der Waals surface area contributed by atoms with Crippen LogP contribution in [0, 0.1) is 12.8 Å². The molecule has 0 amide bonds. The fourth-order valence-electron chi connectivity index (χ4n) is 3.26. The topological polar surface area (TPSA) is 105 Å². The number of aryl methyl sites for hydroxylation is 1. The van der Waals surface area contributed by atoms with E-state index in [-0.39, 0.29) is 5.78 Å². The van der Waals surface area contributed by atoms with Gasteiger partial charge in [-0.05, 0) is 36.8 Å². The Morgan fingerprint density at radius 1 is 1.09 bits per heavy atom. The molecule has 1 aromatic heterocycles. The molecule has 0 saturated heterocycles. The number of ketones is 1. The minimum absolute atomic E-state index is 0.0552. The molecule has 0 bridgehead atoms. The monoisotopic (exact) mass is 466 g/mol. The van der Waals surface area contributed by atoms with Gasteiger partial charge in [0.1, 0.15) is 0 Å². The Hall–Kier alpha value is -3.65. The van der Waals surface area contributed by atoms with E-state index in [9.17, 15) is 18.0 Å². The molecule has 0 aliphatic carbocycles. The number of hydrogen-bond acceptors (Lipinski definition) is 4. The molecule has 3 rings (SSSR count). The van der Waals surface area contributed by atoms with Crippen molar-refractivity contribution in [2.45, 2.75) is 20.4 Å². The average Bonchev–Trinajstić information content (AvgIpc) is 3.22. The molecule has 8 heteroatoms. The van der Waals surface area contributed by atoms with Crippen molar-refractivity contribution in [3.63, 3.8) is 0 Å². The summed E-state index contributed by atoms with van der Waals surface area (Å²) in [4.78, 5) is 23.8. The molecule has 33 heavy (non-hydrogen) atoms. The highest BCUT2D eigenvalue weighted by atomic mass is 32.2. The van der Waals surface area contributed by atoms with Gasteiger partial charge in [-0.15, -0.1) is 0 Å². The predicted octanol–water partition coefficient (Wildman–Crippen LogP) is 4.20. The lowest BCUT2D eigenvalue weighted by atomic mass is 10.1. The average molecular weight is 467 g/mol. The molecule has 7 nitrogen and oxygen atoms in total. The number of nitrogens with one attached hydrogen (secondary N) is 1. The van der Waals surface area contributed by atoms with Gasteiger partial charge in [0.25, 0.3) is 0 Å². The minimum Gasteiger partial charge on any atom is -0.481 e. The number of nitrogens with zero attached hydrogens (tertiary/aromatic N) is 1. The van der Waals surface area contributed by atoms with E-state index >= 15 is 0 Å². The van der Waals surface area contributed by atoms with Crippen LogP contribution in [-0.4, -0.2) is 35.6 Å². The molecule has 1 atom stereocenters. The lowest BCUT2D eigenvalue weighted by molar-refractivity contribution is -0.140. The van der Waals surface area contributed by atoms with Crippen LogP contribution >= 0.6 is 0 Å². The molecule has 3 aromatic rings. The van der Waals surface area contributed by atoms with Crippen LogP contribution in [0.5, 0.6) is 0 Å². The summed E-state index contributed by atoms with van der Waals surface area (Å²) in [7, 11) is -3.79. The van der Waals surface area contributed by atoms with Crippen molar-refractivity contribution in [1.82, 2.24) is 4.57 Å². The molecule has 0 aliphatic heterocycles. The Morgan fingerprint density at radius 3 is 2.52 bits per heavy atom. The Morgan fingerprint density at radius 2 is 1.82 bits per heavy atom. The molecule has 1 heterocycles. The number of carboxylic acids is 1. The number of carbonyl (C=O) groups excluding carboxylic acids is 1. The van der Waals surface area contributed by atoms with E-state index in [1.54, 1.807) is 24.3 Å². The first kappa shape index (κ1) is 24.0. The van der Waals surface area contributed by atoms with E-state index in [1.165, 1.54) is 6.92 Å². The van der Waals surface area contributed by atoms with E-state index < -0.39 is 27.7 Å². The molecule has 0 saturated carbocycles. The number of aromatic nitrogens is 1. The van der Waals surface area contributed by atoms with Crippen LogP contribution < -0.4 is 4.72 Å². The van der Waals surface area contributed by atoms with E-state index in [0.29, 0.717) is 23.5 Å². The van der Waals surface area contributed by atoms with Crippen LogP contribution in [0.15, 0.2) is 72.9 Å². The third-order valence-corrected chi connectivity index (χ3v) is 6.52. The molecule has 0 radical (unpaired) electrons. The number of sulfonamides is 1. The first-order chi connectivity index (χ1) is 15.6. The lowest BCUT2D eigenvalue weighted by Crippen LogP contribution is -2.25. The van der Waals surface area contributed by atoms with Gasteiger partial charge in [-0.3, -0.25) is 14.3 Å². The third kappa shape index (κ3) is 6.66. The van der Waals surface area contributed by atoms with Gasteiger partial charge in [-0.2, -0.15) is 0 Å². The smallest absolute Gasteiger partial charge is 0.307 e. The van der Waals surface area contributed by atoms with Crippen molar-refractivity contribution in [3.8, 4) is 0 Å². The van der Waals surface area contributed by atoms with Gasteiger partial charge in [0.2, 0.25) is 15.8 Å². The van der Waals surface area contributed by atoms with Crippen LogP contribution in [0.3, 0.4) is 0 Å². The zero-order valence-electron chi connectivity index (χ0n) is 18.4. The third-order valence-electron chi connectivity index (χ3n) is 5.04. The highest BCUT2D eigenvalue weighted by Gasteiger charge is 2.21. The molecular formula is C25H26N2O5S. The van der Waals surface area contributed by atoms with Crippen LogP contribution in [0.25, 0.3) is 6.08 Å². The van der Waals surface area contributed by atoms with Crippen molar-refractivity contribution in [3.05, 3.63) is 95.3 Å². The Kier molecular flexibility index (Phi) is 7.50. The van der Waals surface area contributed by atoms with Crippen molar-refractivity contribution in [1.29, 1.82) is 0 Å². The molecule has 172 valence electrons. The van der Waals surface area contributed by atoms with Gasteiger partial charge in [0, 0.05) is 24.0 Å². The number of hydrogen-bond donors (Lipinski definition) is 2. The summed E-state index contributed by atoms with van der Waals surface area (Å²) in [6.07, 6.45) is 5.55. The Bertz CT molecular complexity index is 1270. The molecule has 2 N–H and O–H groups in total. The molecule has 2 aromatic carbocycles. The van der Waals surface area contributed by atoms with Crippen LogP contribution in [0.1, 0.15) is 34.1 Å². The van der Waals surface area contributed by atoms with Gasteiger partial charge >= 0.3 is 5.97 Å². The quantitative estimate of drug-likeness (QED) is 0.436. The van der Waals surface area contributed by atoms with Crippen molar-refractivity contribution in [2.75, 3.05) is 10.5 Å². The number of carbonyl (C=O) groups is 2. The summed E-state index contributed by atoms with van der Waals surface area (Å²) in [5.41, 5.74) is 3.41. The number of benzene rings is 2. The Balaban J connectivity index is 1.67. The number of carboxylic acid groups (broad SMARTS) is 1. The molecule has 0 aliphatic rings. The lowest BCUT2D eigenvalue weighted by Gasteiger charge is -2.11. The highest BCUT2D eigenvalue weighted by molar-refractivity contribution is 7.92. The number of allylic oxidation sites excluding steroid dienone is 1. The predicted molar refractivity (Wildman–Crippen MR) is 129 cm³/mol. The van der Waals surface area contributed by atoms with Gasteiger partial charge in [0.05, 0.1) is 17.4 Å². The summed E-state index contributed by atoms with van der Waals surface area (Å²) in [5, 5.41) is 8.94. The summed E-state index contributed by atoms with van der Waals surface area (Å²) >= 11 is 0. The second-order valence-corrected chi connectivity index (χ2v) is 9.66. The maximum Gasteiger partial charge on any atom is 0.307 e. The molecule has 0 fully saturated rings. The zero-order chi connectivity index (χ0) is 24.0. The van der Waals surface area contributed by atoms with Crippen LogP contribution in [-0.2, 0) is 21.4 Å². The first-order valence-electron chi connectivity index (χ1n) is 10.4. The maximum atomic E-state index is 12.8. The van der Waals surface area contributed by atoms with Crippen molar-refractivity contribution < 1.29 is 23.1 Å². The molecule has 1 unspecified atom stereocenters. The summed E-state index contributed by atoms with van der Waals surface area (Å²) in [6, 6.07) is 17.8. The SMILES string of the molecule is Cc1ccc(C(=O)c2cccn2C/C=C/c2cccc(NS(=O)(=O)CC(C)C(=O)O)c2)cc1. The summed E-state index contributed by atoms with van der Waals surface area (Å²) in [6.45, 7) is 3.78. The van der Waals surface area contributed by atoms with Crippen molar-refractivity contribution in [2.24, 2.45) is 5.92 Å². The minimum atomic E-state index is -3.79. The zero-order valence-corrected chi connectivity index (χ0v) is 19.2. The first-order valence-corrected chi connectivity index (χ1v) is 12.1. The van der Waals surface area contributed by atoms with Crippen LogP contribution in [0.4, 0.5) is 5.69 Å². The normalized spacial score (nSPS) is 12.5. The van der Waals surface area contributed by atoms with Gasteiger partial charge < -0.3 is 9.67 Å². The maximum absolute atomic E-state index is 12.8. The van der Waals surface area contributed by atoms with E-state index in [0.717, 1.165) is 11.1 Å². The second kappa shape index (κ2) is 10.3. The summed E-state index contributed by atoms with van der Waals surface area (Å²) in [5.74, 6) is -2.74. The van der Waals surface area contributed by atoms with Crippen molar-refractivity contribution >= 4 is 33.5 Å². The number of anilines is 1. The van der Waals surface area contributed by atoms with E-state index in [2.05, 4.69) is 4.72 Å². The van der Waals surface area contributed by atoms with E-state index in [4.69, 9.17) is 5.11 Å². The van der Waals surface area contributed by atoms with Crippen LogP contribution in [0.2, 0.25) is 0 Å². The van der Waals surface area contributed by atoms with Gasteiger partial charge in [-0.25, -0.2) is 8.42 Å². The van der Waals surface area contributed by atoms with Gasteiger partial charge in [0.15, 0.2) is 0 Å². The summed E-state index contributed by atoms with van der Waals surface area (Å²) < 4.78 is 28.7.